The summed E-state index contributed by atoms with van der Waals surface area (Å²) in [5, 5.41) is 7.23. The molecule has 0 bridgehead atoms. The van der Waals surface area contributed by atoms with E-state index in [1.54, 1.807) is 18.3 Å². The van der Waals surface area contributed by atoms with Crippen molar-refractivity contribution in [2.24, 2.45) is 0 Å². The molecule has 0 spiro atoms. The van der Waals surface area contributed by atoms with Crippen LogP contribution in [-0.2, 0) is 15.3 Å². The monoisotopic (exact) mass is 482 g/mol. The highest BCUT2D eigenvalue weighted by Crippen LogP contribution is 2.27. The fourth-order valence-electron chi connectivity index (χ4n) is 3.50. The van der Waals surface area contributed by atoms with E-state index in [1.807, 2.05) is 38.1 Å². The summed E-state index contributed by atoms with van der Waals surface area (Å²) in [7, 11) is 0. The van der Waals surface area contributed by atoms with E-state index >= 15 is 0 Å². The van der Waals surface area contributed by atoms with E-state index < -0.39 is 18.5 Å². The molecule has 0 atom stereocenters. The predicted molar refractivity (Wildman–Crippen MR) is 133 cm³/mol. The quantitative estimate of drug-likeness (QED) is 0.318. The van der Waals surface area contributed by atoms with Gasteiger partial charge in [-0.25, -0.2) is 9.78 Å². The number of anilines is 2. The lowest BCUT2D eigenvalue weighted by Gasteiger charge is -2.27. The van der Waals surface area contributed by atoms with Gasteiger partial charge in [0.1, 0.15) is 10.8 Å². The van der Waals surface area contributed by atoms with Crippen molar-refractivity contribution < 1.29 is 18.8 Å². The topological polar surface area (TPSA) is 97.6 Å². The smallest absolute Gasteiger partial charge is 0.341 e. The molecule has 0 aliphatic rings. The molecule has 1 N–H and O–H groups in total. The Morgan fingerprint density at radius 2 is 1.91 bits per heavy atom. The van der Waals surface area contributed by atoms with Gasteiger partial charge in [0.2, 0.25) is 0 Å². The number of nitrogens with zero attached hydrogens (tertiary/aromatic N) is 3. The average Bonchev–Trinajstić information content (AvgIpc) is 3.14. The summed E-state index contributed by atoms with van der Waals surface area (Å²) in [6.07, 6.45) is 1.61. The minimum Gasteiger partial charge on any atom is -0.452 e. The van der Waals surface area contributed by atoms with Crippen LogP contribution in [0.1, 0.15) is 48.1 Å². The Hall–Kier alpha value is -3.33. The molecule has 0 fully saturated rings. The Kier molecular flexibility index (Phi) is 8.70. The molecule has 0 unspecified atom stereocenters. The number of amides is 1. The number of rotatable bonds is 10. The largest absolute Gasteiger partial charge is 0.452 e. The molecule has 1 amide bonds. The zero-order valence-electron chi connectivity index (χ0n) is 20.1. The van der Waals surface area contributed by atoms with Crippen LogP contribution in [0, 0.1) is 13.8 Å². The van der Waals surface area contributed by atoms with Crippen molar-refractivity contribution in [2.75, 3.05) is 23.4 Å². The number of carbonyl (C=O) groups is 2. The van der Waals surface area contributed by atoms with Gasteiger partial charge in [-0.1, -0.05) is 5.16 Å². The zero-order valence-corrected chi connectivity index (χ0v) is 20.9. The highest BCUT2D eigenvalue weighted by Gasteiger charge is 2.18. The van der Waals surface area contributed by atoms with E-state index in [2.05, 4.69) is 41.1 Å². The molecule has 0 radical (unpaired) electrons. The number of carbonyl (C=O) groups excluding carboxylic acids is 2. The molecule has 0 saturated carbocycles. The molecule has 8 nitrogen and oxygen atoms in total. The van der Waals surface area contributed by atoms with Crippen LogP contribution < -0.4 is 10.2 Å². The molecular formula is C25H30N4O4S. The predicted octanol–water partition coefficient (Wildman–Crippen LogP) is 5.01. The van der Waals surface area contributed by atoms with Crippen LogP contribution in [0.5, 0.6) is 0 Å². The third-order valence-electron chi connectivity index (χ3n) is 5.31. The second kappa shape index (κ2) is 11.7. The van der Waals surface area contributed by atoms with Crippen molar-refractivity contribution in [1.29, 1.82) is 0 Å². The van der Waals surface area contributed by atoms with E-state index in [9.17, 15) is 9.59 Å². The third kappa shape index (κ3) is 6.38. The van der Waals surface area contributed by atoms with Gasteiger partial charge >= 0.3 is 5.97 Å². The van der Waals surface area contributed by atoms with Crippen molar-refractivity contribution >= 4 is 35.0 Å². The van der Waals surface area contributed by atoms with E-state index in [0.29, 0.717) is 28.1 Å². The van der Waals surface area contributed by atoms with Crippen molar-refractivity contribution in [1.82, 2.24) is 10.1 Å². The molecule has 34 heavy (non-hydrogen) atoms. The van der Waals surface area contributed by atoms with Crippen molar-refractivity contribution in [3.63, 3.8) is 0 Å². The summed E-state index contributed by atoms with van der Waals surface area (Å²) in [5.74, 6) is 0.282. The summed E-state index contributed by atoms with van der Waals surface area (Å²) >= 11 is 1.39. The van der Waals surface area contributed by atoms with Crippen molar-refractivity contribution in [2.45, 2.75) is 51.4 Å². The molecule has 9 heteroatoms. The van der Waals surface area contributed by atoms with Crippen LogP contribution >= 0.6 is 11.8 Å². The summed E-state index contributed by atoms with van der Waals surface area (Å²) in [6.45, 7) is 10.6. The first-order chi connectivity index (χ1) is 16.3. The van der Waals surface area contributed by atoms with E-state index in [4.69, 9.17) is 9.26 Å². The normalized spacial score (nSPS) is 10.9. The number of aromatic nitrogens is 2. The SMILES string of the molecule is CCN(c1ccc(NC(=O)COC(=O)c2cccnc2SCc2c(C)noc2C)cc1)C(C)C. The van der Waals surface area contributed by atoms with Crippen LogP contribution in [-0.4, -0.2) is 41.2 Å². The fraction of sp³-hybridized carbons (Fsp3) is 0.360. The van der Waals surface area contributed by atoms with E-state index in [0.717, 1.165) is 29.2 Å². The molecule has 180 valence electrons. The number of aryl methyl sites for hydroxylation is 2. The van der Waals surface area contributed by atoms with Gasteiger partial charge in [0.25, 0.3) is 5.91 Å². The molecule has 2 heterocycles. The van der Waals surface area contributed by atoms with Gasteiger partial charge < -0.3 is 19.5 Å². The molecule has 0 aliphatic carbocycles. The Morgan fingerprint density at radius 3 is 2.53 bits per heavy atom. The Balaban J connectivity index is 1.56. The Bertz CT molecular complexity index is 1110. The number of thioether (sulfide) groups is 1. The van der Waals surface area contributed by atoms with Gasteiger partial charge in [0.15, 0.2) is 6.61 Å². The number of ether oxygens (including phenoxy) is 1. The highest BCUT2D eigenvalue weighted by atomic mass is 32.2. The lowest BCUT2D eigenvalue weighted by Crippen LogP contribution is -2.30. The molecule has 0 aliphatic heterocycles. The molecule has 3 rings (SSSR count). The lowest BCUT2D eigenvalue weighted by molar-refractivity contribution is -0.119. The minimum atomic E-state index is -0.601. The number of hydrogen-bond donors (Lipinski definition) is 1. The average molecular weight is 483 g/mol. The second-order valence-electron chi connectivity index (χ2n) is 8.00. The first-order valence-electron chi connectivity index (χ1n) is 11.1. The van der Waals surface area contributed by atoms with Crippen LogP contribution in [0.3, 0.4) is 0 Å². The van der Waals surface area contributed by atoms with Gasteiger partial charge in [0, 0.05) is 41.5 Å². The van der Waals surface area contributed by atoms with E-state index in [1.165, 1.54) is 11.8 Å². The number of benzene rings is 1. The van der Waals surface area contributed by atoms with Gasteiger partial charge in [0.05, 0.1) is 11.3 Å². The summed E-state index contributed by atoms with van der Waals surface area (Å²) < 4.78 is 10.4. The van der Waals surface area contributed by atoms with Crippen LogP contribution in [0.15, 0.2) is 52.1 Å². The maximum Gasteiger partial charge on any atom is 0.341 e. The summed E-state index contributed by atoms with van der Waals surface area (Å²) in [4.78, 5) is 31.5. The third-order valence-corrected chi connectivity index (χ3v) is 6.34. The Morgan fingerprint density at radius 1 is 1.18 bits per heavy atom. The number of esters is 1. The first-order valence-corrected chi connectivity index (χ1v) is 12.1. The molecule has 1 aromatic carbocycles. The van der Waals surface area contributed by atoms with Crippen molar-refractivity contribution in [3.05, 3.63) is 65.2 Å². The van der Waals surface area contributed by atoms with Crippen LogP contribution in [0.2, 0.25) is 0 Å². The maximum atomic E-state index is 12.6. The zero-order chi connectivity index (χ0) is 24.7. The molecular weight excluding hydrogens is 452 g/mol. The minimum absolute atomic E-state index is 0.310. The standard InChI is InChI=1S/C25H30N4O4S/c1-6-29(16(2)3)20-11-9-19(10-12-20)27-23(30)14-32-25(31)21-8-7-13-26-24(21)34-15-22-17(4)28-33-18(22)5/h7-13,16H,6,14-15H2,1-5H3,(H,27,30). The molecule has 0 saturated heterocycles. The van der Waals surface area contributed by atoms with Crippen molar-refractivity contribution in [3.8, 4) is 0 Å². The van der Waals surface area contributed by atoms with Gasteiger partial charge in [-0.2, -0.15) is 0 Å². The van der Waals surface area contributed by atoms with Crippen LogP contribution in [0.4, 0.5) is 11.4 Å². The van der Waals surface area contributed by atoms with Gasteiger partial charge in [-0.3, -0.25) is 4.79 Å². The first kappa shape index (κ1) is 25.3. The van der Waals surface area contributed by atoms with E-state index in [-0.39, 0.29) is 0 Å². The Labute approximate surface area is 204 Å². The number of nitrogens with one attached hydrogen (secondary N) is 1. The summed E-state index contributed by atoms with van der Waals surface area (Å²) in [5.41, 5.74) is 3.81. The summed E-state index contributed by atoms with van der Waals surface area (Å²) in [6, 6.07) is 11.3. The lowest BCUT2D eigenvalue weighted by atomic mass is 10.2. The van der Waals surface area contributed by atoms with Gasteiger partial charge in [-0.05, 0) is 71.0 Å². The second-order valence-corrected chi connectivity index (χ2v) is 8.96. The maximum absolute atomic E-state index is 12.6. The number of pyridine rings is 1. The highest BCUT2D eigenvalue weighted by molar-refractivity contribution is 7.98. The number of hydrogen-bond acceptors (Lipinski definition) is 8. The molecule has 3 aromatic rings. The van der Waals surface area contributed by atoms with Gasteiger partial charge in [-0.15, -0.1) is 11.8 Å². The fourth-order valence-corrected chi connectivity index (χ4v) is 4.63. The molecule has 2 aromatic heterocycles. The van der Waals surface area contributed by atoms with Crippen LogP contribution in [0.25, 0.3) is 0 Å².